The number of amidine groups is 1. The molecule has 0 unspecified atom stereocenters. The zero-order chi connectivity index (χ0) is 10.4. The molecule has 0 saturated heterocycles. The van der Waals surface area contributed by atoms with Gasteiger partial charge in [0.25, 0.3) is 0 Å². The first kappa shape index (κ1) is 10.8. The SMILES string of the molecule is CCCCc1ccc(N=C(C)N)cc1. The van der Waals surface area contributed by atoms with Gasteiger partial charge in [0, 0.05) is 0 Å². The molecule has 2 N–H and O–H groups in total. The lowest BCUT2D eigenvalue weighted by Crippen LogP contribution is -2.03. The van der Waals surface area contributed by atoms with Crippen molar-refractivity contribution in [1.29, 1.82) is 0 Å². The molecule has 14 heavy (non-hydrogen) atoms. The van der Waals surface area contributed by atoms with Gasteiger partial charge in [-0.3, -0.25) is 0 Å². The number of unbranched alkanes of at least 4 members (excludes halogenated alkanes) is 1. The summed E-state index contributed by atoms with van der Waals surface area (Å²) in [4.78, 5) is 4.18. The van der Waals surface area contributed by atoms with Crippen LogP contribution in [0.2, 0.25) is 0 Å². The molecule has 0 bridgehead atoms. The van der Waals surface area contributed by atoms with Gasteiger partial charge < -0.3 is 5.73 Å². The van der Waals surface area contributed by atoms with Crippen molar-refractivity contribution in [3.8, 4) is 0 Å². The highest BCUT2D eigenvalue weighted by molar-refractivity contribution is 5.80. The quantitative estimate of drug-likeness (QED) is 0.575. The molecule has 0 spiro atoms. The maximum atomic E-state index is 5.49. The highest BCUT2D eigenvalue weighted by atomic mass is 14.8. The lowest BCUT2D eigenvalue weighted by Gasteiger charge is -2.00. The van der Waals surface area contributed by atoms with E-state index >= 15 is 0 Å². The standard InChI is InChI=1S/C12H18N2/c1-3-4-5-11-6-8-12(9-7-11)14-10(2)13/h6-9H,3-5H2,1-2H3,(H2,13,14). The lowest BCUT2D eigenvalue weighted by molar-refractivity contribution is 0.795. The number of aryl methyl sites for hydroxylation is 1. The van der Waals surface area contributed by atoms with Crippen LogP contribution in [0, 0.1) is 0 Å². The third-order valence-corrected chi connectivity index (χ3v) is 2.06. The van der Waals surface area contributed by atoms with Crippen molar-refractivity contribution in [3.63, 3.8) is 0 Å². The van der Waals surface area contributed by atoms with Crippen molar-refractivity contribution in [2.45, 2.75) is 33.1 Å². The van der Waals surface area contributed by atoms with E-state index in [4.69, 9.17) is 5.73 Å². The molecule has 0 atom stereocenters. The summed E-state index contributed by atoms with van der Waals surface area (Å²) in [6, 6.07) is 8.28. The Hall–Kier alpha value is -1.31. The normalized spacial score (nSPS) is 11.7. The molecule has 0 aliphatic carbocycles. The second-order valence-corrected chi connectivity index (χ2v) is 3.52. The zero-order valence-electron chi connectivity index (χ0n) is 8.96. The minimum Gasteiger partial charge on any atom is -0.387 e. The van der Waals surface area contributed by atoms with Crippen LogP contribution < -0.4 is 5.73 Å². The van der Waals surface area contributed by atoms with Gasteiger partial charge in [0.2, 0.25) is 0 Å². The minimum atomic E-state index is 0.603. The topological polar surface area (TPSA) is 38.4 Å². The molecule has 1 aromatic carbocycles. The van der Waals surface area contributed by atoms with Crippen LogP contribution in [0.25, 0.3) is 0 Å². The maximum absolute atomic E-state index is 5.49. The fourth-order valence-corrected chi connectivity index (χ4v) is 1.32. The number of hydrogen-bond donors (Lipinski definition) is 1. The van der Waals surface area contributed by atoms with E-state index in [1.807, 2.05) is 12.1 Å². The summed E-state index contributed by atoms with van der Waals surface area (Å²) in [7, 11) is 0. The predicted octanol–water partition coefficient (Wildman–Crippen LogP) is 3.04. The first-order valence-corrected chi connectivity index (χ1v) is 5.12. The van der Waals surface area contributed by atoms with Gasteiger partial charge >= 0.3 is 0 Å². The Bertz CT molecular complexity index is 295. The van der Waals surface area contributed by atoms with Crippen LogP contribution in [0.3, 0.4) is 0 Å². The molecular weight excluding hydrogens is 172 g/mol. The van der Waals surface area contributed by atoms with Crippen LogP contribution in [0.4, 0.5) is 5.69 Å². The average molecular weight is 190 g/mol. The maximum Gasteiger partial charge on any atom is 0.0964 e. The van der Waals surface area contributed by atoms with Crippen LogP contribution in [0.1, 0.15) is 32.3 Å². The molecule has 76 valence electrons. The van der Waals surface area contributed by atoms with Crippen molar-refractivity contribution in [1.82, 2.24) is 0 Å². The summed E-state index contributed by atoms with van der Waals surface area (Å²) in [5.74, 6) is 0.603. The molecule has 0 heterocycles. The van der Waals surface area contributed by atoms with Gasteiger partial charge in [0.05, 0.1) is 11.5 Å². The summed E-state index contributed by atoms with van der Waals surface area (Å²) < 4.78 is 0. The number of nitrogens with zero attached hydrogens (tertiary/aromatic N) is 1. The highest BCUT2D eigenvalue weighted by Gasteiger charge is 1.93. The van der Waals surface area contributed by atoms with Crippen LogP contribution in [0.15, 0.2) is 29.3 Å². The highest BCUT2D eigenvalue weighted by Crippen LogP contribution is 2.14. The Labute approximate surface area is 85.9 Å². The van der Waals surface area contributed by atoms with Crippen molar-refractivity contribution in [3.05, 3.63) is 29.8 Å². The van der Waals surface area contributed by atoms with Crippen LogP contribution in [0.5, 0.6) is 0 Å². The molecule has 0 amide bonds. The lowest BCUT2D eigenvalue weighted by atomic mass is 10.1. The third-order valence-electron chi connectivity index (χ3n) is 2.06. The second-order valence-electron chi connectivity index (χ2n) is 3.52. The van der Waals surface area contributed by atoms with E-state index in [9.17, 15) is 0 Å². The number of aliphatic imine (C=N–C) groups is 1. The van der Waals surface area contributed by atoms with E-state index in [0.29, 0.717) is 5.84 Å². The Kier molecular flexibility index (Phi) is 4.17. The Morgan fingerprint density at radius 1 is 1.29 bits per heavy atom. The number of benzene rings is 1. The molecule has 1 aromatic rings. The van der Waals surface area contributed by atoms with E-state index in [1.54, 1.807) is 6.92 Å². The predicted molar refractivity (Wildman–Crippen MR) is 62.0 cm³/mol. The van der Waals surface area contributed by atoms with Crippen LogP contribution in [-0.4, -0.2) is 5.84 Å². The summed E-state index contributed by atoms with van der Waals surface area (Å²) in [6.45, 7) is 4.00. The smallest absolute Gasteiger partial charge is 0.0964 e. The molecule has 1 rings (SSSR count). The molecule has 0 fully saturated rings. The van der Waals surface area contributed by atoms with Crippen molar-refractivity contribution >= 4 is 11.5 Å². The Morgan fingerprint density at radius 2 is 1.93 bits per heavy atom. The van der Waals surface area contributed by atoms with Gasteiger partial charge in [-0.15, -0.1) is 0 Å². The monoisotopic (exact) mass is 190 g/mol. The van der Waals surface area contributed by atoms with Gasteiger partial charge in [0.15, 0.2) is 0 Å². The van der Waals surface area contributed by atoms with Crippen LogP contribution >= 0.6 is 0 Å². The van der Waals surface area contributed by atoms with Crippen LogP contribution in [-0.2, 0) is 6.42 Å². The summed E-state index contributed by atoms with van der Waals surface area (Å²) >= 11 is 0. The van der Waals surface area contributed by atoms with Gasteiger partial charge in [-0.05, 0) is 37.5 Å². The van der Waals surface area contributed by atoms with Crippen molar-refractivity contribution in [2.75, 3.05) is 0 Å². The Morgan fingerprint density at radius 3 is 2.43 bits per heavy atom. The minimum absolute atomic E-state index is 0.603. The van der Waals surface area contributed by atoms with Gasteiger partial charge in [-0.2, -0.15) is 0 Å². The largest absolute Gasteiger partial charge is 0.387 e. The average Bonchev–Trinajstić information content (AvgIpc) is 2.16. The summed E-state index contributed by atoms with van der Waals surface area (Å²) in [6.07, 6.45) is 3.64. The molecule has 2 heteroatoms. The number of nitrogens with two attached hydrogens (primary N) is 1. The van der Waals surface area contributed by atoms with Gasteiger partial charge in [-0.25, -0.2) is 4.99 Å². The van der Waals surface area contributed by atoms with E-state index in [2.05, 4.69) is 24.0 Å². The molecular formula is C12H18N2. The summed E-state index contributed by atoms with van der Waals surface area (Å²) in [5, 5.41) is 0. The molecule has 0 aliphatic rings. The Balaban J connectivity index is 2.64. The van der Waals surface area contributed by atoms with E-state index < -0.39 is 0 Å². The van der Waals surface area contributed by atoms with Gasteiger partial charge in [0.1, 0.15) is 0 Å². The third kappa shape index (κ3) is 3.60. The van der Waals surface area contributed by atoms with Gasteiger partial charge in [-0.1, -0.05) is 25.5 Å². The van der Waals surface area contributed by atoms with Crippen molar-refractivity contribution < 1.29 is 0 Å². The van der Waals surface area contributed by atoms with E-state index in [-0.39, 0.29) is 0 Å². The van der Waals surface area contributed by atoms with Crippen molar-refractivity contribution in [2.24, 2.45) is 10.7 Å². The van der Waals surface area contributed by atoms with E-state index in [0.717, 1.165) is 12.1 Å². The van der Waals surface area contributed by atoms with E-state index in [1.165, 1.54) is 18.4 Å². The first-order valence-electron chi connectivity index (χ1n) is 5.12. The zero-order valence-corrected chi connectivity index (χ0v) is 8.96. The number of rotatable bonds is 4. The molecule has 0 saturated carbocycles. The molecule has 2 nitrogen and oxygen atoms in total. The fourth-order valence-electron chi connectivity index (χ4n) is 1.32. The molecule has 0 aliphatic heterocycles. The molecule has 0 radical (unpaired) electrons. The molecule has 0 aromatic heterocycles. The first-order chi connectivity index (χ1) is 6.72. The second kappa shape index (κ2) is 5.43. The fraction of sp³-hybridized carbons (Fsp3) is 0.417. The number of hydrogen-bond acceptors (Lipinski definition) is 1. The summed E-state index contributed by atoms with van der Waals surface area (Å²) in [5.41, 5.74) is 7.80.